The maximum Gasteiger partial charge on any atom is 0.272 e. The van der Waals surface area contributed by atoms with Gasteiger partial charge >= 0.3 is 0 Å². The van der Waals surface area contributed by atoms with Crippen LogP contribution in [0.15, 0.2) is 224 Å². The number of benzene rings is 8. The van der Waals surface area contributed by atoms with E-state index in [4.69, 9.17) is 30.4 Å². The van der Waals surface area contributed by atoms with Crippen LogP contribution in [0.5, 0.6) is 23.0 Å². The van der Waals surface area contributed by atoms with Crippen molar-refractivity contribution in [3.8, 4) is 45.3 Å². The molecule has 0 bridgehead atoms. The molecular formula is C91H87N15O12. The van der Waals surface area contributed by atoms with E-state index < -0.39 is 0 Å². The molecule has 4 aromatic heterocycles. The molecule has 118 heavy (non-hydrogen) atoms. The molecule has 0 aliphatic carbocycles. The zero-order chi connectivity index (χ0) is 82.4. The summed E-state index contributed by atoms with van der Waals surface area (Å²) < 4.78 is 30.2. The minimum absolute atomic E-state index is 0.0247. The number of fused-ring (bicyclic) bond motifs is 8. The number of para-hydroxylation sites is 2. The van der Waals surface area contributed by atoms with Gasteiger partial charge in [-0.2, -0.15) is 0 Å². The average Bonchev–Trinajstić information content (AvgIpc) is 1.61. The maximum atomic E-state index is 13.8. The monoisotopic (exact) mass is 1580 g/mol. The third kappa shape index (κ3) is 17.1. The van der Waals surface area contributed by atoms with Crippen LogP contribution in [0.1, 0.15) is 111 Å². The van der Waals surface area contributed by atoms with Crippen molar-refractivity contribution >= 4 is 116 Å². The molecule has 27 heteroatoms. The molecule has 8 heterocycles. The molecule has 16 rings (SSSR count). The van der Waals surface area contributed by atoms with E-state index in [1.54, 1.807) is 179 Å². The number of hydrogen-bond acceptors (Lipinski definition) is 15. The van der Waals surface area contributed by atoms with Crippen molar-refractivity contribution in [2.24, 2.45) is 33.2 Å². The number of aromatic nitrogens is 4. The summed E-state index contributed by atoms with van der Waals surface area (Å²) in [6.07, 6.45) is 13.2. The summed E-state index contributed by atoms with van der Waals surface area (Å²) in [6.45, 7) is 0.486. The average molecular weight is 1580 g/mol. The highest BCUT2D eigenvalue weighted by Crippen LogP contribution is 2.44. The first-order chi connectivity index (χ1) is 57.1. The quantitative estimate of drug-likeness (QED) is 0.0206. The van der Waals surface area contributed by atoms with Crippen molar-refractivity contribution in [1.82, 2.24) is 18.3 Å². The number of nitrogens with one attached hydrogen (secondary N) is 6. The fraction of sp³-hybridized carbons (Fsp3) is 0.198. The molecule has 8 amide bonds. The highest BCUT2D eigenvalue weighted by atomic mass is 16.5. The van der Waals surface area contributed by atoms with Crippen LogP contribution in [0.3, 0.4) is 0 Å². The molecule has 8 aromatic carbocycles. The van der Waals surface area contributed by atoms with Crippen LogP contribution in [0.25, 0.3) is 22.3 Å². The first kappa shape index (κ1) is 78.4. The van der Waals surface area contributed by atoms with E-state index in [0.29, 0.717) is 127 Å². The molecule has 4 aliphatic rings. The summed E-state index contributed by atoms with van der Waals surface area (Å²) in [5.74, 6) is 0.0395. The Morgan fingerprint density at radius 3 is 1.30 bits per heavy atom. The van der Waals surface area contributed by atoms with E-state index in [0.717, 1.165) is 64.0 Å². The second kappa shape index (κ2) is 34.0. The Bertz CT molecular complexity index is 5920. The van der Waals surface area contributed by atoms with Gasteiger partial charge in [-0.3, -0.25) is 48.2 Å². The van der Waals surface area contributed by atoms with Gasteiger partial charge in [0.05, 0.1) is 56.1 Å². The maximum absolute atomic E-state index is 13.8. The number of carbonyl (C=O) groups excluding carboxylic acids is 8. The number of nitrogen functional groups attached to an aromatic ring is 2. The number of anilines is 10. The van der Waals surface area contributed by atoms with Gasteiger partial charge < -0.3 is 85.5 Å². The number of hydrogen-bond donors (Lipinski definition) is 8. The largest absolute Gasteiger partial charge is 0.493 e. The third-order valence-corrected chi connectivity index (χ3v) is 21.2. The lowest BCUT2D eigenvalue weighted by molar-refractivity contribution is -0.117. The van der Waals surface area contributed by atoms with Crippen molar-refractivity contribution in [2.45, 2.75) is 63.5 Å². The van der Waals surface area contributed by atoms with Gasteiger partial charge in [0.2, 0.25) is 11.8 Å². The van der Waals surface area contributed by atoms with E-state index in [9.17, 15) is 38.4 Å². The number of aryl methyl sites for hydroxylation is 5. The SMILES string of the molecule is COc1cc2c(cc1OCCCC(=O)Nc1cc(C(=O)Nc3ccc(-c4cc(C(=O)Nc5ccc(N)cc5)n(C)c4)cc3)n(C)c1)CC[C@@H]1Cc3ccccc3N1C2=O.COc1cc2c(cc1OCCCC(=O)Nc1cc(C(=O)Nc3ccc(-c4cc(C(=O)Nc5ccc(N)cc5)n(C)c4)cc3)n(C)c1)N=C[C@@H]1Cc3ccccc3N1C2=O. The molecule has 0 saturated carbocycles. The number of ether oxygens (including phenoxy) is 4. The lowest BCUT2D eigenvalue weighted by Gasteiger charge is -2.23. The number of methoxy groups -OCH3 is 2. The van der Waals surface area contributed by atoms with Gasteiger partial charge in [-0.1, -0.05) is 60.7 Å². The number of nitrogens with zero attached hydrogens (tertiary/aromatic N) is 7. The molecule has 12 aromatic rings. The van der Waals surface area contributed by atoms with E-state index in [2.05, 4.69) is 43.0 Å². The van der Waals surface area contributed by atoms with Crippen LogP contribution in [0.4, 0.5) is 62.6 Å². The summed E-state index contributed by atoms with van der Waals surface area (Å²) in [5, 5.41) is 17.3. The Morgan fingerprint density at radius 1 is 0.415 bits per heavy atom. The molecule has 598 valence electrons. The topological polar surface area (TPSA) is 336 Å². The van der Waals surface area contributed by atoms with Crippen LogP contribution in [-0.2, 0) is 57.0 Å². The van der Waals surface area contributed by atoms with Gasteiger partial charge in [-0.25, -0.2) is 0 Å². The summed E-state index contributed by atoms with van der Waals surface area (Å²) in [5.41, 5.74) is 27.9. The second-order valence-electron chi connectivity index (χ2n) is 29.3. The van der Waals surface area contributed by atoms with Crippen LogP contribution < -0.4 is 72.1 Å². The van der Waals surface area contributed by atoms with Crippen LogP contribution in [0, 0.1) is 0 Å². The van der Waals surface area contributed by atoms with E-state index in [1.165, 1.54) is 12.7 Å². The highest BCUT2D eigenvalue weighted by molar-refractivity contribution is 6.15. The molecule has 2 atom stereocenters. The number of rotatable bonds is 24. The highest BCUT2D eigenvalue weighted by Gasteiger charge is 2.39. The fourth-order valence-electron chi connectivity index (χ4n) is 15.2. The smallest absolute Gasteiger partial charge is 0.272 e. The number of nitrogens with two attached hydrogens (primary N) is 2. The zero-order valence-electron chi connectivity index (χ0n) is 65.8. The predicted molar refractivity (Wildman–Crippen MR) is 457 cm³/mol. The summed E-state index contributed by atoms with van der Waals surface area (Å²) in [4.78, 5) is 114. The fourth-order valence-corrected chi connectivity index (χ4v) is 15.2. The summed E-state index contributed by atoms with van der Waals surface area (Å²) in [7, 11) is 10.1. The van der Waals surface area contributed by atoms with Crippen LogP contribution >= 0.6 is 0 Å². The standard InChI is InChI=1S/C46H45N7O6.C45H42N8O6/c1-51-26-31(22-39(51)44(55)50-34-17-13-32(47)14-18-34)28-10-15-33(16-11-28)49-45(56)40-24-35(27-52(40)2)48-43(54)9-6-20-59-42-23-29-12-19-36-21-30-7-4-5-8-38(30)53(36)46(57)37(29)25-41(42)58-3;1-51-25-29(20-38(51)43(55)50-32-16-12-30(46)13-17-32)27-10-14-31(15-11-27)49-44(56)39-21-33(26-52(39)2)48-42(54)9-6-18-59-41-23-36-35(22-40(41)58-3)45(57)53-34(24-47-36)19-28-7-4-5-8-37(28)53/h4-5,7-8,10-11,13-18,22-27,36H,6,9,12,19-21,47H2,1-3H3,(H,48,54)(H,49,56)(H,50,55);4-5,7-8,10-17,20-26,34H,6,9,18-19,46H2,1-3H3,(H,48,54)(H,49,56)(H,50,55)/t36-;34-/m10/s1. The first-order valence-electron chi connectivity index (χ1n) is 38.6. The molecule has 0 radical (unpaired) electrons. The zero-order valence-corrected chi connectivity index (χ0v) is 65.8. The minimum Gasteiger partial charge on any atom is -0.493 e. The Hall–Kier alpha value is -14.9. The molecule has 4 aliphatic heterocycles. The van der Waals surface area contributed by atoms with Crippen molar-refractivity contribution in [3.63, 3.8) is 0 Å². The van der Waals surface area contributed by atoms with Crippen molar-refractivity contribution in [3.05, 3.63) is 270 Å². The summed E-state index contributed by atoms with van der Waals surface area (Å²) in [6, 6.07) is 58.3. The molecular weight excluding hydrogens is 1500 g/mol. The van der Waals surface area contributed by atoms with Gasteiger partial charge in [-0.15, -0.1) is 0 Å². The van der Waals surface area contributed by atoms with Crippen LogP contribution in [0.2, 0.25) is 0 Å². The van der Waals surface area contributed by atoms with Crippen molar-refractivity contribution in [1.29, 1.82) is 0 Å². The molecule has 0 fully saturated rings. The van der Waals surface area contributed by atoms with Gasteiger partial charge in [0.25, 0.3) is 35.4 Å². The van der Waals surface area contributed by atoms with Crippen LogP contribution in [-0.4, -0.2) is 111 Å². The first-order valence-corrected chi connectivity index (χ1v) is 38.6. The summed E-state index contributed by atoms with van der Waals surface area (Å²) >= 11 is 0. The molecule has 10 N–H and O–H groups in total. The molecule has 0 unspecified atom stereocenters. The third-order valence-electron chi connectivity index (χ3n) is 21.2. The van der Waals surface area contributed by atoms with E-state index in [-0.39, 0.29) is 85.4 Å². The van der Waals surface area contributed by atoms with Gasteiger partial charge in [0.15, 0.2) is 23.0 Å². The molecule has 0 saturated heterocycles. The lowest BCUT2D eigenvalue weighted by atomic mass is 9.99. The number of amides is 8. The second-order valence-corrected chi connectivity index (χ2v) is 29.3. The Morgan fingerprint density at radius 2 is 0.822 bits per heavy atom. The Kier molecular flexibility index (Phi) is 22.6. The van der Waals surface area contributed by atoms with Crippen molar-refractivity contribution < 1.29 is 57.3 Å². The Labute approximate surface area is 680 Å². The number of aliphatic imine (C=N–C) groups is 1. The minimum atomic E-state index is -0.346. The van der Waals surface area contributed by atoms with E-state index in [1.807, 2.05) is 103 Å². The van der Waals surface area contributed by atoms with Gasteiger partial charge in [-0.05, 0) is 187 Å². The molecule has 0 spiro atoms. The van der Waals surface area contributed by atoms with Gasteiger partial charge in [0, 0.05) is 153 Å². The number of carbonyl (C=O) groups is 8. The van der Waals surface area contributed by atoms with E-state index >= 15 is 0 Å². The predicted octanol–water partition coefficient (Wildman–Crippen LogP) is 14.7. The normalized spacial score (nSPS) is 14.0. The van der Waals surface area contributed by atoms with Gasteiger partial charge in [0.1, 0.15) is 22.8 Å². The Balaban J connectivity index is 0.000000185. The van der Waals surface area contributed by atoms with Crippen molar-refractivity contribution in [2.75, 3.05) is 80.6 Å². The lowest BCUT2D eigenvalue weighted by Crippen LogP contribution is -2.37. The molecule has 27 nitrogen and oxygen atoms in total.